The summed E-state index contributed by atoms with van der Waals surface area (Å²) in [6.45, 7) is 6.08. The summed E-state index contributed by atoms with van der Waals surface area (Å²) in [6.07, 6.45) is 2.67. The van der Waals surface area contributed by atoms with Crippen molar-refractivity contribution in [3.8, 4) is 0 Å². The van der Waals surface area contributed by atoms with Crippen LogP contribution in [0.25, 0.3) is 0 Å². The molecule has 2 N–H and O–H groups in total. The first-order valence-electron chi connectivity index (χ1n) is 4.85. The highest BCUT2D eigenvalue weighted by Crippen LogP contribution is 2.33. The zero-order chi connectivity index (χ0) is 8.44. The van der Waals surface area contributed by atoms with Crippen molar-refractivity contribution in [2.75, 3.05) is 26.3 Å². The number of rotatable bonds is 3. The van der Waals surface area contributed by atoms with Crippen LogP contribution in [0.4, 0.5) is 0 Å². The van der Waals surface area contributed by atoms with Gasteiger partial charge in [-0.3, -0.25) is 0 Å². The molecule has 1 saturated heterocycles. The summed E-state index contributed by atoms with van der Waals surface area (Å²) in [5, 5.41) is 6.99. The van der Waals surface area contributed by atoms with Gasteiger partial charge in [-0.05, 0) is 19.8 Å². The first-order chi connectivity index (χ1) is 5.79. The SMILES string of the molecule is CC1(NCC2COCCN2)CC1. The van der Waals surface area contributed by atoms with E-state index < -0.39 is 0 Å². The van der Waals surface area contributed by atoms with Crippen molar-refractivity contribution in [1.29, 1.82) is 0 Å². The summed E-state index contributed by atoms with van der Waals surface area (Å²) in [5.74, 6) is 0. The second kappa shape index (κ2) is 3.32. The van der Waals surface area contributed by atoms with Crippen molar-refractivity contribution in [1.82, 2.24) is 10.6 Å². The third-order valence-electron chi connectivity index (χ3n) is 2.77. The predicted octanol–water partition coefficient (Wildman–Crippen LogP) is 0.117. The molecule has 1 atom stereocenters. The fraction of sp³-hybridized carbons (Fsp3) is 1.00. The molecule has 0 bridgehead atoms. The second-order valence-corrected chi connectivity index (χ2v) is 4.17. The van der Waals surface area contributed by atoms with E-state index in [1.165, 1.54) is 12.8 Å². The number of ether oxygens (including phenoxy) is 1. The van der Waals surface area contributed by atoms with Gasteiger partial charge in [0.05, 0.1) is 13.2 Å². The van der Waals surface area contributed by atoms with Gasteiger partial charge in [0.15, 0.2) is 0 Å². The first kappa shape index (κ1) is 8.48. The lowest BCUT2D eigenvalue weighted by atomic mass is 10.2. The molecule has 1 aliphatic carbocycles. The normalized spacial score (nSPS) is 33.2. The Hall–Kier alpha value is -0.120. The van der Waals surface area contributed by atoms with E-state index in [4.69, 9.17) is 4.74 Å². The van der Waals surface area contributed by atoms with Crippen molar-refractivity contribution < 1.29 is 4.74 Å². The molecule has 1 unspecified atom stereocenters. The molecule has 3 nitrogen and oxygen atoms in total. The van der Waals surface area contributed by atoms with E-state index >= 15 is 0 Å². The molecule has 0 aromatic rings. The summed E-state index contributed by atoms with van der Waals surface area (Å²) in [5.41, 5.74) is 0.457. The highest BCUT2D eigenvalue weighted by atomic mass is 16.5. The smallest absolute Gasteiger partial charge is 0.0632 e. The zero-order valence-corrected chi connectivity index (χ0v) is 7.73. The van der Waals surface area contributed by atoms with Gasteiger partial charge in [-0.15, -0.1) is 0 Å². The van der Waals surface area contributed by atoms with Crippen molar-refractivity contribution in [2.24, 2.45) is 0 Å². The Bertz CT molecular complexity index is 151. The molecule has 70 valence electrons. The highest BCUT2D eigenvalue weighted by Gasteiger charge is 2.36. The van der Waals surface area contributed by atoms with E-state index in [2.05, 4.69) is 17.6 Å². The van der Waals surface area contributed by atoms with Crippen LogP contribution in [0, 0.1) is 0 Å². The average Bonchev–Trinajstić information content (AvgIpc) is 2.84. The Morgan fingerprint density at radius 2 is 2.42 bits per heavy atom. The highest BCUT2D eigenvalue weighted by molar-refractivity contribution is 4.98. The van der Waals surface area contributed by atoms with Gasteiger partial charge >= 0.3 is 0 Å². The topological polar surface area (TPSA) is 33.3 Å². The average molecular weight is 170 g/mol. The molecule has 1 heterocycles. The molecule has 2 aliphatic rings. The Morgan fingerprint density at radius 3 is 3.00 bits per heavy atom. The maximum Gasteiger partial charge on any atom is 0.0632 e. The zero-order valence-electron chi connectivity index (χ0n) is 7.73. The summed E-state index contributed by atoms with van der Waals surface area (Å²) in [7, 11) is 0. The number of hydrogen-bond donors (Lipinski definition) is 2. The molecule has 0 aromatic heterocycles. The third-order valence-corrected chi connectivity index (χ3v) is 2.77. The Kier molecular flexibility index (Phi) is 2.35. The minimum atomic E-state index is 0.457. The van der Waals surface area contributed by atoms with Gasteiger partial charge in [0.25, 0.3) is 0 Å². The fourth-order valence-electron chi connectivity index (χ4n) is 1.48. The molecule has 12 heavy (non-hydrogen) atoms. The minimum absolute atomic E-state index is 0.457. The molecule has 0 spiro atoms. The van der Waals surface area contributed by atoms with Gasteiger partial charge in [-0.25, -0.2) is 0 Å². The van der Waals surface area contributed by atoms with Crippen molar-refractivity contribution in [3.05, 3.63) is 0 Å². The molecular formula is C9H18N2O. The molecule has 1 aliphatic heterocycles. The van der Waals surface area contributed by atoms with Crippen LogP contribution < -0.4 is 10.6 Å². The van der Waals surface area contributed by atoms with Gasteiger partial charge in [-0.1, -0.05) is 0 Å². The van der Waals surface area contributed by atoms with E-state index in [0.717, 1.165) is 26.3 Å². The maximum absolute atomic E-state index is 5.37. The lowest BCUT2D eigenvalue weighted by Gasteiger charge is -2.25. The Balaban J connectivity index is 1.65. The largest absolute Gasteiger partial charge is 0.378 e. The molecule has 1 saturated carbocycles. The number of hydrogen-bond acceptors (Lipinski definition) is 3. The van der Waals surface area contributed by atoms with Crippen LogP contribution in [0.5, 0.6) is 0 Å². The van der Waals surface area contributed by atoms with E-state index in [-0.39, 0.29) is 0 Å². The second-order valence-electron chi connectivity index (χ2n) is 4.17. The molecule has 0 amide bonds. The molecule has 2 rings (SSSR count). The molecule has 0 radical (unpaired) electrons. The monoisotopic (exact) mass is 170 g/mol. The van der Waals surface area contributed by atoms with Crippen LogP contribution in [0.1, 0.15) is 19.8 Å². The van der Waals surface area contributed by atoms with Gasteiger partial charge in [0.2, 0.25) is 0 Å². The van der Waals surface area contributed by atoms with Crippen LogP contribution in [0.3, 0.4) is 0 Å². The van der Waals surface area contributed by atoms with Crippen LogP contribution in [-0.4, -0.2) is 37.9 Å². The van der Waals surface area contributed by atoms with E-state index in [1.807, 2.05) is 0 Å². The van der Waals surface area contributed by atoms with Crippen LogP contribution in [0.2, 0.25) is 0 Å². The number of morpholine rings is 1. The molecule has 2 fully saturated rings. The quantitative estimate of drug-likeness (QED) is 0.631. The number of nitrogens with one attached hydrogen (secondary N) is 2. The van der Waals surface area contributed by atoms with Crippen LogP contribution in [0.15, 0.2) is 0 Å². The molecular weight excluding hydrogens is 152 g/mol. The van der Waals surface area contributed by atoms with Crippen molar-refractivity contribution >= 4 is 0 Å². The lowest BCUT2D eigenvalue weighted by molar-refractivity contribution is 0.0757. The standard InChI is InChI=1S/C9H18N2O/c1-9(2-3-9)11-6-8-7-12-5-4-10-8/h8,10-11H,2-7H2,1H3. The predicted molar refractivity (Wildman–Crippen MR) is 48.3 cm³/mol. The van der Waals surface area contributed by atoms with Crippen molar-refractivity contribution in [2.45, 2.75) is 31.3 Å². The lowest BCUT2D eigenvalue weighted by Crippen LogP contribution is -2.49. The molecule has 3 heteroatoms. The van der Waals surface area contributed by atoms with Gasteiger partial charge in [0.1, 0.15) is 0 Å². The van der Waals surface area contributed by atoms with Crippen LogP contribution in [-0.2, 0) is 4.74 Å². The summed E-state index contributed by atoms with van der Waals surface area (Å²) >= 11 is 0. The van der Waals surface area contributed by atoms with E-state index in [1.54, 1.807) is 0 Å². The first-order valence-corrected chi connectivity index (χ1v) is 4.85. The van der Waals surface area contributed by atoms with Gasteiger partial charge in [0, 0.05) is 24.7 Å². The van der Waals surface area contributed by atoms with Crippen LogP contribution >= 0.6 is 0 Å². The molecule has 0 aromatic carbocycles. The van der Waals surface area contributed by atoms with Crippen molar-refractivity contribution in [3.63, 3.8) is 0 Å². The Morgan fingerprint density at radius 1 is 1.58 bits per heavy atom. The van der Waals surface area contributed by atoms with Gasteiger partial charge in [-0.2, -0.15) is 0 Å². The van der Waals surface area contributed by atoms with E-state index in [0.29, 0.717) is 11.6 Å². The Labute approximate surface area is 73.9 Å². The van der Waals surface area contributed by atoms with E-state index in [9.17, 15) is 0 Å². The summed E-state index contributed by atoms with van der Waals surface area (Å²) < 4.78 is 5.37. The summed E-state index contributed by atoms with van der Waals surface area (Å²) in [6, 6.07) is 0.524. The summed E-state index contributed by atoms with van der Waals surface area (Å²) in [4.78, 5) is 0. The van der Waals surface area contributed by atoms with Gasteiger partial charge < -0.3 is 15.4 Å². The fourth-order valence-corrected chi connectivity index (χ4v) is 1.48. The maximum atomic E-state index is 5.37. The third kappa shape index (κ3) is 2.19. The minimum Gasteiger partial charge on any atom is -0.378 e.